The molecule has 0 unspecified atom stereocenters. The smallest absolute Gasteiger partial charge is 0.475 e. The highest BCUT2D eigenvalue weighted by molar-refractivity contribution is 7.90. The third-order valence-electron chi connectivity index (χ3n) is 4.55. The second kappa shape index (κ2) is 11.6. The number of H-pyrrole nitrogens is 1. The number of carboxylic acids is 1. The molecule has 0 saturated heterocycles. The number of alkyl halides is 3. The first-order valence-electron chi connectivity index (χ1n) is 9.68. The number of thiophene rings is 1. The molecule has 36 heavy (non-hydrogen) atoms. The van der Waals surface area contributed by atoms with E-state index in [1.54, 1.807) is 12.1 Å². The highest BCUT2D eigenvalue weighted by Gasteiger charge is 2.38. The molecule has 0 radical (unpaired) electrons. The first kappa shape index (κ1) is 28.9. The van der Waals surface area contributed by atoms with E-state index in [2.05, 4.69) is 10.2 Å². The van der Waals surface area contributed by atoms with Crippen molar-refractivity contribution in [3.63, 3.8) is 0 Å². The van der Waals surface area contributed by atoms with E-state index in [-0.39, 0.29) is 35.8 Å². The van der Waals surface area contributed by atoms with Crippen LogP contribution in [-0.4, -0.2) is 53.2 Å². The summed E-state index contributed by atoms with van der Waals surface area (Å²) in [5.41, 5.74) is 6.25. The Labute approximate surface area is 204 Å². The third kappa shape index (κ3) is 7.82. The highest BCUT2D eigenvalue weighted by atomic mass is 32.2. The van der Waals surface area contributed by atoms with Gasteiger partial charge in [-0.3, -0.25) is 4.57 Å². The van der Waals surface area contributed by atoms with Crippen LogP contribution in [0.1, 0.15) is 10.7 Å². The van der Waals surface area contributed by atoms with Gasteiger partial charge in [0.15, 0.2) is 9.84 Å². The molecule has 2 aromatic heterocycles. The van der Waals surface area contributed by atoms with E-state index in [9.17, 15) is 35.2 Å². The molecule has 0 atom stereocenters. The molecule has 3 aromatic rings. The molecule has 9 nitrogen and oxygen atoms in total. The lowest BCUT2D eigenvalue weighted by atomic mass is 10.1. The highest BCUT2D eigenvalue weighted by Crippen LogP contribution is 2.27. The second-order valence-corrected chi connectivity index (χ2v) is 10.2. The molecule has 0 aliphatic rings. The van der Waals surface area contributed by atoms with Crippen molar-refractivity contribution < 1.29 is 40.3 Å². The number of nitrogens with two attached hydrogens (primary N) is 1. The molecule has 0 saturated carbocycles. The van der Waals surface area contributed by atoms with Gasteiger partial charge in [-0.1, -0.05) is 12.1 Å². The minimum absolute atomic E-state index is 0.169. The summed E-state index contributed by atoms with van der Waals surface area (Å²) < 4.78 is 81.9. The van der Waals surface area contributed by atoms with E-state index < -0.39 is 33.8 Å². The Balaban J connectivity index is 0.000000572. The first-order chi connectivity index (χ1) is 16.6. The lowest BCUT2D eigenvalue weighted by molar-refractivity contribution is -0.192. The van der Waals surface area contributed by atoms with Crippen molar-refractivity contribution in [3.8, 4) is 11.1 Å². The number of nitrogens with zero attached hydrogens (tertiary/aromatic N) is 2. The van der Waals surface area contributed by atoms with Gasteiger partial charge in [-0.15, -0.1) is 11.3 Å². The Bertz CT molecular complexity index is 1400. The summed E-state index contributed by atoms with van der Waals surface area (Å²) in [6.45, 7) is -0.154. The van der Waals surface area contributed by atoms with E-state index in [4.69, 9.17) is 15.6 Å². The van der Waals surface area contributed by atoms with Gasteiger partial charge in [0, 0.05) is 29.7 Å². The average Bonchev–Trinajstić information content (AvgIpc) is 3.38. The van der Waals surface area contributed by atoms with E-state index in [1.165, 1.54) is 28.0 Å². The van der Waals surface area contributed by atoms with Gasteiger partial charge in [0.1, 0.15) is 5.82 Å². The molecule has 0 amide bonds. The Morgan fingerprint density at radius 1 is 1.19 bits per heavy atom. The topological polar surface area (TPSA) is 148 Å². The van der Waals surface area contributed by atoms with Gasteiger partial charge in [0.05, 0.1) is 11.4 Å². The average molecular weight is 555 g/mol. The van der Waals surface area contributed by atoms with Crippen LogP contribution in [0.2, 0.25) is 0 Å². The zero-order chi connectivity index (χ0) is 27.3. The van der Waals surface area contributed by atoms with Crippen molar-refractivity contribution >= 4 is 27.1 Å². The van der Waals surface area contributed by atoms with Gasteiger partial charge in [-0.05, 0) is 34.7 Å². The van der Waals surface area contributed by atoms with Crippen LogP contribution < -0.4 is 11.4 Å². The maximum atomic E-state index is 12.9. The molecular formula is C20H19F5N4O5S2. The molecule has 0 fully saturated rings. The standard InChI is InChI=1S/C18H18F2N4O3S2.C2HF3O2/c1-29(26,27)15-4-2-11(3-5-15)13-6-14(28-10-13)9-24-16(22-23-18(24)25)7-12(8-21)17(19)20;3-2(4,5)1(6)7/h2-6,10H,7-9,21H2,1H3,(H,23,25);(H,6,7). The van der Waals surface area contributed by atoms with Gasteiger partial charge < -0.3 is 10.8 Å². The Morgan fingerprint density at radius 3 is 2.25 bits per heavy atom. The van der Waals surface area contributed by atoms with Crippen molar-refractivity contribution in [3.05, 3.63) is 68.6 Å². The summed E-state index contributed by atoms with van der Waals surface area (Å²) in [6.07, 6.45) is -6.03. The number of hydrogen-bond acceptors (Lipinski definition) is 7. The number of sulfone groups is 1. The SMILES string of the molecule is CS(=O)(=O)c1ccc(-c2csc(Cn3c(CC(CN)=C(F)F)n[nH]c3=O)c2)cc1.O=C(O)C(F)(F)F. The summed E-state index contributed by atoms with van der Waals surface area (Å²) >= 11 is 1.40. The minimum atomic E-state index is -5.08. The fourth-order valence-electron chi connectivity index (χ4n) is 2.72. The minimum Gasteiger partial charge on any atom is -0.475 e. The largest absolute Gasteiger partial charge is 0.490 e. The molecule has 0 bridgehead atoms. The number of halogens is 5. The van der Waals surface area contributed by atoms with Crippen molar-refractivity contribution in [2.45, 2.75) is 24.0 Å². The predicted octanol–water partition coefficient (Wildman–Crippen LogP) is 3.04. The maximum Gasteiger partial charge on any atom is 0.490 e. The number of carbonyl (C=O) groups is 1. The van der Waals surface area contributed by atoms with Crippen molar-refractivity contribution in [1.82, 2.24) is 14.8 Å². The molecule has 0 aliphatic carbocycles. The third-order valence-corrected chi connectivity index (χ3v) is 6.60. The molecule has 4 N–H and O–H groups in total. The van der Waals surface area contributed by atoms with Crippen LogP contribution in [0, 0.1) is 0 Å². The molecule has 16 heteroatoms. The van der Waals surface area contributed by atoms with Crippen molar-refractivity contribution in [2.75, 3.05) is 12.8 Å². The molecule has 196 valence electrons. The van der Waals surface area contributed by atoms with E-state index in [0.29, 0.717) is 0 Å². The Kier molecular flexibility index (Phi) is 9.28. The van der Waals surface area contributed by atoms with Gasteiger partial charge in [-0.25, -0.2) is 23.1 Å². The zero-order valence-electron chi connectivity index (χ0n) is 18.3. The number of hydrogen-bond donors (Lipinski definition) is 3. The summed E-state index contributed by atoms with van der Waals surface area (Å²) in [7, 11) is -3.27. The normalized spacial score (nSPS) is 11.5. The zero-order valence-corrected chi connectivity index (χ0v) is 20.0. The van der Waals surface area contributed by atoms with Crippen LogP contribution >= 0.6 is 11.3 Å². The lowest BCUT2D eigenvalue weighted by Crippen LogP contribution is -2.21. The number of aromatic nitrogens is 3. The Morgan fingerprint density at radius 2 is 1.78 bits per heavy atom. The summed E-state index contributed by atoms with van der Waals surface area (Å²) in [5, 5.41) is 15.1. The van der Waals surface area contributed by atoms with Crippen LogP contribution in [0.25, 0.3) is 11.1 Å². The van der Waals surface area contributed by atoms with E-state index >= 15 is 0 Å². The Hall–Kier alpha value is -3.37. The van der Waals surface area contributed by atoms with Crippen molar-refractivity contribution in [2.24, 2.45) is 5.73 Å². The molecule has 1 aromatic carbocycles. The first-order valence-corrected chi connectivity index (χ1v) is 12.5. The number of aromatic amines is 1. The number of nitrogens with one attached hydrogen (secondary N) is 1. The quantitative estimate of drug-likeness (QED) is 0.380. The number of benzene rings is 1. The van der Waals surface area contributed by atoms with Gasteiger partial charge in [0.2, 0.25) is 0 Å². The fraction of sp³-hybridized carbons (Fsp3) is 0.250. The summed E-state index contributed by atoms with van der Waals surface area (Å²) in [4.78, 5) is 22.0. The van der Waals surface area contributed by atoms with Crippen LogP contribution in [0.5, 0.6) is 0 Å². The second-order valence-electron chi connectivity index (χ2n) is 7.18. The molecule has 3 rings (SSSR count). The molecule has 0 aliphatic heterocycles. The van der Waals surface area contributed by atoms with Gasteiger partial charge in [-0.2, -0.15) is 27.1 Å². The van der Waals surface area contributed by atoms with Crippen LogP contribution in [0.15, 0.2) is 57.1 Å². The summed E-state index contributed by atoms with van der Waals surface area (Å²) in [6, 6.07) is 8.35. The van der Waals surface area contributed by atoms with Gasteiger partial charge in [0.25, 0.3) is 6.08 Å². The van der Waals surface area contributed by atoms with E-state index in [1.807, 2.05) is 11.4 Å². The molecular weight excluding hydrogens is 535 g/mol. The predicted molar refractivity (Wildman–Crippen MR) is 121 cm³/mol. The number of aliphatic carboxylic acids is 1. The van der Waals surface area contributed by atoms with Gasteiger partial charge >= 0.3 is 17.8 Å². The van der Waals surface area contributed by atoms with Crippen LogP contribution in [0.4, 0.5) is 22.0 Å². The molecule has 2 heterocycles. The van der Waals surface area contributed by atoms with Crippen LogP contribution in [-0.2, 0) is 27.6 Å². The number of rotatable bonds is 7. The monoisotopic (exact) mass is 554 g/mol. The van der Waals surface area contributed by atoms with E-state index in [0.717, 1.165) is 22.3 Å². The van der Waals surface area contributed by atoms with Crippen molar-refractivity contribution in [1.29, 1.82) is 0 Å². The number of carboxylic acid groups (broad SMARTS) is 1. The fourth-order valence-corrected chi connectivity index (χ4v) is 4.23. The maximum absolute atomic E-state index is 12.9. The molecule has 0 spiro atoms. The lowest BCUT2D eigenvalue weighted by Gasteiger charge is -2.06. The summed E-state index contributed by atoms with van der Waals surface area (Å²) in [5.74, 6) is -2.58. The van der Waals surface area contributed by atoms with Crippen LogP contribution in [0.3, 0.4) is 0 Å².